The van der Waals surface area contributed by atoms with Crippen LogP contribution >= 0.6 is 11.8 Å². The molecule has 3 atom stereocenters. The van der Waals surface area contributed by atoms with Crippen LogP contribution in [-0.2, 0) is 5.41 Å². The maximum absolute atomic E-state index is 7.81. The summed E-state index contributed by atoms with van der Waals surface area (Å²) in [6, 6.07) is 71.0. The Labute approximate surface area is 425 Å². The van der Waals surface area contributed by atoms with Crippen molar-refractivity contribution < 1.29 is 0 Å². The van der Waals surface area contributed by atoms with E-state index < -0.39 is 5.41 Å². The Bertz CT molecular complexity index is 4420. The number of pyridine rings is 2. The van der Waals surface area contributed by atoms with Gasteiger partial charge in [-0.15, -0.1) is 0 Å². The fourth-order valence-corrected chi connectivity index (χ4v) is 14.2. The van der Waals surface area contributed by atoms with E-state index in [1.165, 1.54) is 70.8 Å². The predicted octanol–water partition coefficient (Wildman–Crippen LogP) is 16.4. The Balaban J connectivity index is 0.846. The van der Waals surface area contributed by atoms with E-state index in [0.717, 1.165) is 55.7 Å². The van der Waals surface area contributed by atoms with Crippen LogP contribution in [0.5, 0.6) is 0 Å². The molecular formula is C66H40N6S. The molecule has 0 amide bonds. The van der Waals surface area contributed by atoms with E-state index in [9.17, 15) is 0 Å². The largest absolute Gasteiger partial charge is 0.333 e. The van der Waals surface area contributed by atoms with Gasteiger partial charge in [-0.05, 0) is 136 Å². The molecule has 4 aliphatic rings. The number of para-hydroxylation sites is 3. The van der Waals surface area contributed by atoms with E-state index in [2.05, 4.69) is 225 Å². The molecule has 16 rings (SSSR count). The van der Waals surface area contributed by atoms with Gasteiger partial charge in [0.25, 0.3) is 0 Å². The molecule has 2 aliphatic carbocycles. The molecule has 0 saturated heterocycles. The number of hydrogen-bond acceptors (Lipinski definition) is 4. The van der Waals surface area contributed by atoms with Crippen LogP contribution in [0, 0.1) is 6.57 Å². The van der Waals surface area contributed by atoms with Crippen molar-refractivity contribution in [2.45, 2.75) is 27.2 Å². The molecule has 0 saturated carbocycles. The van der Waals surface area contributed by atoms with Gasteiger partial charge in [0.1, 0.15) is 0 Å². The Kier molecular flexibility index (Phi) is 8.40. The number of hydrogen-bond donors (Lipinski definition) is 0. The summed E-state index contributed by atoms with van der Waals surface area (Å²) in [6.45, 7) is 7.81. The van der Waals surface area contributed by atoms with Crippen molar-refractivity contribution in [3.63, 3.8) is 0 Å². The number of rotatable bonds is 4. The molecule has 3 unspecified atom stereocenters. The molecular weight excluding hydrogens is 909 g/mol. The monoisotopic (exact) mass is 948 g/mol. The number of benzene rings is 8. The van der Waals surface area contributed by atoms with Gasteiger partial charge in [0.05, 0.1) is 63.4 Å². The van der Waals surface area contributed by atoms with Crippen LogP contribution < -0.4 is 4.90 Å². The highest BCUT2D eigenvalue weighted by atomic mass is 32.2. The van der Waals surface area contributed by atoms with Gasteiger partial charge < -0.3 is 14.0 Å². The van der Waals surface area contributed by atoms with Gasteiger partial charge in [-0.3, -0.25) is 9.97 Å². The summed E-state index contributed by atoms with van der Waals surface area (Å²) in [5, 5.41) is 4.69. The lowest BCUT2D eigenvalue weighted by Crippen LogP contribution is -2.32. The lowest BCUT2D eigenvalue weighted by molar-refractivity contribution is 0.719. The van der Waals surface area contributed by atoms with E-state index in [1.807, 2.05) is 36.3 Å². The zero-order valence-electron chi connectivity index (χ0n) is 39.2. The van der Waals surface area contributed by atoms with Crippen molar-refractivity contribution in [1.82, 2.24) is 19.1 Å². The van der Waals surface area contributed by atoms with Crippen LogP contribution in [0.3, 0.4) is 0 Å². The zero-order valence-corrected chi connectivity index (χ0v) is 40.0. The van der Waals surface area contributed by atoms with Gasteiger partial charge in [0.2, 0.25) is 0 Å². The molecule has 8 aromatic carbocycles. The molecule has 4 aromatic heterocycles. The van der Waals surface area contributed by atoms with Crippen LogP contribution in [0.15, 0.2) is 241 Å². The van der Waals surface area contributed by atoms with Gasteiger partial charge in [-0.1, -0.05) is 133 Å². The van der Waals surface area contributed by atoms with Gasteiger partial charge >= 0.3 is 0 Å². The molecule has 6 heterocycles. The van der Waals surface area contributed by atoms with Crippen molar-refractivity contribution in [2.75, 3.05) is 4.90 Å². The molecule has 0 radical (unpaired) electrons. The lowest BCUT2D eigenvalue weighted by atomic mass is 9.67. The third-order valence-electron chi connectivity index (χ3n) is 16.0. The van der Waals surface area contributed by atoms with Crippen molar-refractivity contribution in [3.05, 3.63) is 270 Å². The summed E-state index contributed by atoms with van der Waals surface area (Å²) in [5.74, 6) is 0.196. The number of anilines is 2. The summed E-state index contributed by atoms with van der Waals surface area (Å²) in [6.07, 6.45) is 13.0. The number of allylic oxidation sites excluding steroid dienone is 2. The van der Waals surface area contributed by atoms with Crippen LogP contribution in [0.2, 0.25) is 0 Å². The quantitative estimate of drug-likeness (QED) is 0.165. The first-order valence-corrected chi connectivity index (χ1v) is 25.6. The minimum absolute atomic E-state index is 0.152. The molecule has 2 aliphatic heterocycles. The topological polar surface area (TPSA) is 43.2 Å². The summed E-state index contributed by atoms with van der Waals surface area (Å²) in [4.78, 5) is 19.3. The minimum Gasteiger partial charge on any atom is -0.333 e. The molecule has 12 aromatic rings. The molecule has 73 heavy (non-hydrogen) atoms. The smallest absolute Gasteiger partial charge is 0.188 e. The number of fused-ring (bicyclic) bond motifs is 18. The fraction of sp³-hybridized carbons (Fsp3) is 0.0455. The maximum Gasteiger partial charge on any atom is 0.188 e. The third-order valence-corrected chi connectivity index (χ3v) is 17.2. The van der Waals surface area contributed by atoms with Crippen LogP contribution in [0.25, 0.3) is 82.3 Å². The summed E-state index contributed by atoms with van der Waals surface area (Å²) in [5.41, 5.74) is 19.2. The summed E-state index contributed by atoms with van der Waals surface area (Å²) in [7, 11) is 0. The molecule has 0 N–H and O–H groups in total. The molecule has 7 heteroatoms. The van der Waals surface area contributed by atoms with Crippen LogP contribution in [0.1, 0.15) is 33.7 Å². The Morgan fingerprint density at radius 2 is 1.11 bits per heavy atom. The summed E-state index contributed by atoms with van der Waals surface area (Å²) >= 11 is 1.84. The van der Waals surface area contributed by atoms with Crippen molar-refractivity contribution in [2.24, 2.45) is 0 Å². The van der Waals surface area contributed by atoms with Gasteiger partial charge in [-0.2, -0.15) is 0 Å². The van der Waals surface area contributed by atoms with E-state index in [4.69, 9.17) is 16.5 Å². The molecule has 340 valence electrons. The molecule has 0 bridgehead atoms. The second-order valence-electron chi connectivity index (χ2n) is 19.5. The lowest BCUT2D eigenvalue weighted by Gasteiger charge is -2.39. The second-order valence-corrected chi connectivity index (χ2v) is 20.6. The van der Waals surface area contributed by atoms with Crippen molar-refractivity contribution in [3.8, 4) is 33.9 Å². The summed E-state index contributed by atoms with van der Waals surface area (Å²) < 4.78 is 4.70. The number of nitrogens with zero attached hydrogens (tertiary/aromatic N) is 6. The van der Waals surface area contributed by atoms with E-state index in [0.29, 0.717) is 5.69 Å². The fourth-order valence-electron chi connectivity index (χ4n) is 13.0. The zero-order chi connectivity index (χ0) is 47.9. The normalized spacial score (nSPS) is 17.7. The standard InChI is InChI=1S/C66H40N6S/c1-67-42-26-32-61-51(37-42)49-16-5-10-22-59(49)72(61)45-38-55-65(69-39-45)64-53(18-12-34-68-64)66(55)52-17-6-11-23-62(52)73-63-33-25-41(36-54(63)66)40-24-31-60-50(35-40)48-15-4-9-21-58(48)71(60)44-29-27-43(28-30-44)70-56-19-7-2-13-46(56)47-14-3-8-20-57(47)70/h2-39,48,58H. The third kappa shape index (κ3) is 5.53. The second kappa shape index (κ2) is 15.1. The highest BCUT2D eigenvalue weighted by Gasteiger charge is 2.52. The average Bonchev–Trinajstić information content (AvgIpc) is 4.17. The minimum atomic E-state index is -0.702. The average molecular weight is 949 g/mol. The van der Waals surface area contributed by atoms with Crippen molar-refractivity contribution >= 4 is 72.4 Å². The highest BCUT2D eigenvalue weighted by Crippen LogP contribution is 2.62. The maximum atomic E-state index is 7.81. The Morgan fingerprint density at radius 1 is 0.479 bits per heavy atom. The van der Waals surface area contributed by atoms with Crippen LogP contribution in [-0.4, -0.2) is 25.1 Å². The van der Waals surface area contributed by atoms with Gasteiger partial charge in [0.15, 0.2) is 5.69 Å². The molecule has 0 fully saturated rings. The van der Waals surface area contributed by atoms with Crippen molar-refractivity contribution in [1.29, 1.82) is 0 Å². The number of aromatic nitrogens is 4. The van der Waals surface area contributed by atoms with Gasteiger partial charge in [0, 0.05) is 60.7 Å². The Hall–Kier alpha value is -9.22. The van der Waals surface area contributed by atoms with E-state index in [-0.39, 0.29) is 12.0 Å². The SMILES string of the molecule is [C-]#[N+]c1ccc2c(c1)c1ccccc1n2-c1cnc2c(c1)C1(c3ccccc3Sc3ccc(-c4ccc5c(c4)C4C=CC=CC4N5c4ccc(-n5c6ccccc6c6ccccc65)cc4)cc31)c1cccnc1-2. The first kappa shape index (κ1) is 40.5. The first-order chi connectivity index (χ1) is 36.2. The molecule has 1 spiro atoms. The van der Waals surface area contributed by atoms with E-state index in [1.54, 1.807) is 0 Å². The van der Waals surface area contributed by atoms with E-state index >= 15 is 0 Å². The Morgan fingerprint density at radius 3 is 1.90 bits per heavy atom. The van der Waals surface area contributed by atoms with Crippen LogP contribution in [0.4, 0.5) is 17.1 Å². The predicted molar refractivity (Wildman–Crippen MR) is 297 cm³/mol. The van der Waals surface area contributed by atoms with Gasteiger partial charge in [-0.25, -0.2) is 4.85 Å². The molecule has 6 nitrogen and oxygen atoms in total. The first-order valence-electron chi connectivity index (χ1n) is 24.8. The highest BCUT2D eigenvalue weighted by molar-refractivity contribution is 7.99.